The van der Waals surface area contributed by atoms with Crippen LogP contribution < -0.4 is 5.32 Å². The third-order valence-electron chi connectivity index (χ3n) is 3.46. The van der Waals surface area contributed by atoms with Gasteiger partial charge in [-0.15, -0.1) is 0 Å². The average Bonchev–Trinajstić information content (AvgIpc) is 2.36. The van der Waals surface area contributed by atoms with Gasteiger partial charge < -0.3 is 10.0 Å². The molecule has 0 aromatic rings. The van der Waals surface area contributed by atoms with Gasteiger partial charge in [0, 0.05) is 25.2 Å². The molecule has 0 bridgehead atoms. The molecule has 0 aromatic heterocycles. The fourth-order valence-electron chi connectivity index (χ4n) is 2.18. The first-order valence-corrected chi connectivity index (χ1v) is 6.39. The van der Waals surface area contributed by atoms with Crippen LogP contribution in [0.2, 0.25) is 0 Å². The smallest absolute Gasteiger partial charge is 0.328 e. The van der Waals surface area contributed by atoms with Gasteiger partial charge in [-0.05, 0) is 31.6 Å². The minimum atomic E-state index is -1.22. The predicted octanol–water partition coefficient (Wildman–Crippen LogP) is 1.37. The van der Waals surface area contributed by atoms with Gasteiger partial charge >= 0.3 is 12.0 Å². The zero-order valence-electron chi connectivity index (χ0n) is 11.3. The second kappa shape index (κ2) is 6.92. The van der Waals surface area contributed by atoms with Gasteiger partial charge in [-0.25, -0.2) is 9.59 Å². The molecule has 0 heterocycles. The number of carbonyl (C=O) groups is 3. The second-order valence-electron chi connectivity index (χ2n) is 4.99. The molecule has 19 heavy (non-hydrogen) atoms. The van der Waals surface area contributed by atoms with Crippen molar-refractivity contribution in [1.29, 1.82) is 0 Å². The predicted molar refractivity (Wildman–Crippen MR) is 69.5 cm³/mol. The van der Waals surface area contributed by atoms with Crippen LogP contribution in [-0.2, 0) is 9.59 Å². The fourth-order valence-corrected chi connectivity index (χ4v) is 2.18. The highest BCUT2D eigenvalue weighted by molar-refractivity contribution is 6.02. The molecule has 0 spiro atoms. The van der Waals surface area contributed by atoms with Crippen LogP contribution in [0.3, 0.4) is 0 Å². The van der Waals surface area contributed by atoms with E-state index < -0.39 is 17.9 Å². The number of rotatable bonds is 3. The molecule has 0 atom stereocenters. The number of nitrogens with one attached hydrogen (secondary N) is 1. The number of nitrogens with zero attached hydrogens (tertiary/aromatic N) is 1. The summed E-state index contributed by atoms with van der Waals surface area (Å²) in [5.74, 6) is -1.26. The second-order valence-corrected chi connectivity index (χ2v) is 4.99. The van der Waals surface area contributed by atoms with Gasteiger partial charge in [-0.3, -0.25) is 10.1 Å². The van der Waals surface area contributed by atoms with E-state index in [0.29, 0.717) is 12.0 Å². The van der Waals surface area contributed by atoms with Crippen LogP contribution in [0.15, 0.2) is 12.2 Å². The van der Waals surface area contributed by atoms with Gasteiger partial charge in [0.15, 0.2) is 0 Å². The molecular weight excluding hydrogens is 248 g/mol. The van der Waals surface area contributed by atoms with E-state index in [2.05, 4.69) is 12.2 Å². The first-order chi connectivity index (χ1) is 8.90. The molecule has 3 amide bonds. The molecule has 6 heteroatoms. The molecule has 1 aliphatic rings. The summed E-state index contributed by atoms with van der Waals surface area (Å²) < 4.78 is 0. The zero-order valence-corrected chi connectivity index (χ0v) is 11.3. The molecule has 0 saturated heterocycles. The van der Waals surface area contributed by atoms with Crippen molar-refractivity contribution in [2.45, 2.75) is 38.6 Å². The normalized spacial score (nSPS) is 23.1. The van der Waals surface area contributed by atoms with Gasteiger partial charge in [0.05, 0.1) is 0 Å². The lowest BCUT2D eigenvalue weighted by atomic mass is 9.87. The van der Waals surface area contributed by atoms with Crippen molar-refractivity contribution in [3.8, 4) is 0 Å². The van der Waals surface area contributed by atoms with E-state index in [1.807, 2.05) is 0 Å². The summed E-state index contributed by atoms with van der Waals surface area (Å²) in [6, 6.07) is -0.341. The first kappa shape index (κ1) is 15.2. The van der Waals surface area contributed by atoms with Crippen LogP contribution >= 0.6 is 0 Å². The monoisotopic (exact) mass is 268 g/mol. The SMILES string of the molecule is CC1CCC(N(C)C(=O)NC(=O)C=CC(=O)O)CC1. The Hall–Kier alpha value is -1.85. The molecule has 0 aliphatic heterocycles. The van der Waals surface area contributed by atoms with E-state index in [4.69, 9.17) is 5.11 Å². The number of carbonyl (C=O) groups excluding carboxylic acids is 2. The molecule has 1 rings (SSSR count). The van der Waals surface area contributed by atoms with Crippen LogP contribution in [-0.4, -0.2) is 41.0 Å². The number of imide groups is 1. The maximum absolute atomic E-state index is 11.8. The summed E-state index contributed by atoms with van der Waals surface area (Å²) in [6.07, 6.45) is 5.56. The molecule has 1 aliphatic carbocycles. The van der Waals surface area contributed by atoms with E-state index in [-0.39, 0.29) is 6.04 Å². The summed E-state index contributed by atoms with van der Waals surface area (Å²) in [6.45, 7) is 2.19. The Kier molecular flexibility index (Phi) is 5.54. The molecule has 0 aromatic carbocycles. The Morgan fingerprint density at radius 1 is 1.16 bits per heavy atom. The third kappa shape index (κ3) is 5.11. The number of carboxylic acids is 1. The molecule has 6 nitrogen and oxygen atoms in total. The third-order valence-corrected chi connectivity index (χ3v) is 3.46. The van der Waals surface area contributed by atoms with Gasteiger partial charge in [-0.1, -0.05) is 6.92 Å². The van der Waals surface area contributed by atoms with Crippen LogP contribution in [0, 0.1) is 5.92 Å². The topological polar surface area (TPSA) is 86.7 Å². The minimum absolute atomic E-state index is 0.146. The van der Waals surface area contributed by atoms with Gasteiger partial charge in [0.2, 0.25) is 0 Å². The Morgan fingerprint density at radius 3 is 2.26 bits per heavy atom. The average molecular weight is 268 g/mol. The molecular formula is C13H20N2O4. The standard InChI is InChI=1S/C13H20N2O4/c1-9-3-5-10(6-4-9)15(2)13(19)14-11(16)7-8-12(17)18/h7-10H,3-6H2,1-2H3,(H,17,18)(H,14,16,19). The fraction of sp³-hybridized carbons (Fsp3) is 0.615. The molecule has 0 radical (unpaired) electrons. The van der Waals surface area contributed by atoms with Crippen molar-refractivity contribution in [2.24, 2.45) is 5.92 Å². The van der Waals surface area contributed by atoms with E-state index in [9.17, 15) is 14.4 Å². The maximum atomic E-state index is 11.8. The number of aliphatic carboxylic acids is 1. The van der Waals surface area contributed by atoms with Crippen LogP contribution in [0.4, 0.5) is 4.79 Å². The highest BCUT2D eigenvalue weighted by Crippen LogP contribution is 2.26. The Bertz CT molecular complexity index is 384. The molecule has 1 fully saturated rings. The summed E-state index contributed by atoms with van der Waals surface area (Å²) in [7, 11) is 1.66. The highest BCUT2D eigenvalue weighted by atomic mass is 16.4. The number of amides is 3. The van der Waals surface area contributed by atoms with Crippen LogP contribution in [0.5, 0.6) is 0 Å². The van der Waals surface area contributed by atoms with Crippen LogP contribution in [0.1, 0.15) is 32.6 Å². The Labute approximate surface area is 112 Å². The largest absolute Gasteiger partial charge is 0.478 e. The summed E-state index contributed by atoms with van der Waals surface area (Å²) in [5, 5.41) is 10.5. The van der Waals surface area contributed by atoms with Crippen molar-refractivity contribution < 1.29 is 19.5 Å². The first-order valence-electron chi connectivity index (χ1n) is 6.39. The van der Waals surface area contributed by atoms with Gasteiger partial charge in [0.1, 0.15) is 0 Å². The van der Waals surface area contributed by atoms with Crippen molar-refractivity contribution in [1.82, 2.24) is 10.2 Å². The van der Waals surface area contributed by atoms with Crippen molar-refractivity contribution >= 4 is 17.9 Å². The van der Waals surface area contributed by atoms with E-state index in [1.165, 1.54) is 4.90 Å². The maximum Gasteiger partial charge on any atom is 0.328 e. The summed E-state index contributed by atoms with van der Waals surface area (Å²) >= 11 is 0. The van der Waals surface area contributed by atoms with Crippen molar-refractivity contribution in [3.63, 3.8) is 0 Å². The number of hydrogen-bond acceptors (Lipinski definition) is 3. The van der Waals surface area contributed by atoms with Crippen molar-refractivity contribution in [3.05, 3.63) is 12.2 Å². The lowest BCUT2D eigenvalue weighted by molar-refractivity contribution is -0.131. The van der Waals surface area contributed by atoms with E-state index in [0.717, 1.165) is 31.8 Å². The number of hydrogen-bond donors (Lipinski definition) is 2. The van der Waals surface area contributed by atoms with E-state index >= 15 is 0 Å². The molecule has 2 N–H and O–H groups in total. The zero-order chi connectivity index (χ0) is 14.4. The van der Waals surface area contributed by atoms with Crippen LogP contribution in [0.25, 0.3) is 0 Å². The lowest BCUT2D eigenvalue weighted by Gasteiger charge is -2.33. The highest BCUT2D eigenvalue weighted by Gasteiger charge is 2.25. The lowest BCUT2D eigenvalue weighted by Crippen LogP contribution is -2.46. The number of urea groups is 1. The number of carboxylic acid groups (broad SMARTS) is 1. The van der Waals surface area contributed by atoms with Gasteiger partial charge in [0.25, 0.3) is 5.91 Å². The minimum Gasteiger partial charge on any atom is -0.478 e. The molecule has 106 valence electrons. The quantitative estimate of drug-likeness (QED) is 0.757. The van der Waals surface area contributed by atoms with Gasteiger partial charge in [-0.2, -0.15) is 0 Å². The Balaban J connectivity index is 2.44. The molecule has 1 saturated carbocycles. The van der Waals surface area contributed by atoms with E-state index in [1.54, 1.807) is 7.05 Å². The van der Waals surface area contributed by atoms with Crippen molar-refractivity contribution in [2.75, 3.05) is 7.05 Å². The Morgan fingerprint density at radius 2 is 1.74 bits per heavy atom. The summed E-state index contributed by atoms with van der Waals surface area (Å²) in [4.78, 5) is 34.8. The summed E-state index contributed by atoms with van der Waals surface area (Å²) in [5.41, 5.74) is 0. The molecule has 0 unspecified atom stereocenters.